The molecule has 0 aliphatic heterocycles. The lowest BCUT2D eigenvalue weighted by molar-refractivity contribution is -0.137. The third-order valence-electron chi connectivity index (χ3n) is 2.74. The molecule has 1 aromatic rings. The summed E-state index contributed by atoms with van der Waals surface area (Å²) in [5.41, 5.74) is 4.99. The first kappa shape index (κ1) is 18.3. The highest BCUT2D eigenvalue weighted by Gasteiger charge is 2.18. The number of nitrogens with two attached hydrogens (primary N) is 1. The van der Waals surface area contributed by atoms with Crippen LogP contribution in [0.4, 0.5) is 8.78 Å². The summed E-state index contributed by atoms with van der Waals surface area (Å²) in [7, 11) is 0. The van der Waals surface area contributed by atoms with Gasteiger partial charge in [0.2, 0.25) is 5.91 Å². The van der Waals surface area contributed by atoms with Crippen molar-refractivity contribution in [3.05, 3.63) is 47.5 Å². The average molecular weight is 326 g/mol. The van der Waals surface area contributed by atoms with Crippen molar-refractivity contribution in [1.82, 2.24) is 5.32 Å². The largest absolute Gasteiger partial charge is 0.463 e. The second-order valence-corrected chi connectivity index (χ2v) is 4.45. The second kappa shape index (κ2) is 8.62. The summed E-state index contributed by atoms with van der Waals surface area (Å²) >= 11 is 0. The van der Waals surface area contributed by atoms with Gasteiger partial charge in [-0.1, -0.05) is 6.08 Å². The molecule has 6 nitrogen and oxygen atoms in total. The summed E-state index contributed by atoms with van der Waals surface area (Å²) in [6.07, 6.45) is 2.37. The molecule has 0 aliphatic carbocycles. The normalized spacial score (nSPS) is 12.0. The van der Waals surface area contributed by atoms with E-state index in [0.29, 0.717) is 6.07 Å². The van der Waals surface area contributed by atoms with Crippen molar-refractivity contribution in [2.24, 2.45) is 5.73 Å². The highest BCUT2D eigenvalue weighted by Crippen LogP contribution is 2.09. The van der Waals surface area contributed by atoms with Gasteiger partial charge in [0.05, 0.1) is 6.61 Å². The Kier molecular flexibility index (Phi) is 6.85. The number of nitrogens with one attached hydrogen (secondary N) is 1. The second-order valence-electron chi connectivity index (χ2n) is 4.45. The number of hydrogen-bond donors (Lipinski definition) is 2. The van der Waals surface area contributed by atoms with Crippen LogP contribution < -0.4 is 11.1 Å². The van der Waals surface area contributed by atoms with Crippen molar-refractivity contribution in [3.63, 3.8) is 0 Å². The first-order valence-electron chi connectivity index (χ1n) is 6.73. The molecule has 0 aliphatic rings. The number of rotatable bonds is 7. The molecule has 3 N–H and O–H groups in total. The molecule has 124 valence electrons. The van der Waals surface area contributed by atoms with E-state index in [1.54, 1.807) is 6.92 Å². The molecule has 0 spiro atoms. The van der Waals surface area contributed by atoms with Crippen molar-refractivity contribution in [1.29, 1.82) is 0 Å². The van der Waals surface area contributed by atoms with E-state index >= 15 is 0 Å². The van der Waals surface area contributed by atoms with Crippen LogP contribution in [0.3, 0.4) is 0 Å². The fourth-order valence-corrected chi connectivity index (χ4v) is 1.62. The molecule has 0 aromatic heterocycles. The minimum absolute atomic E-state index is 0.0520. The topological polar surface area (TPSA) is 98.5 Å². The van der Waals surface area contributed by atoms with E-state index in [2.05, 4.69) is 10.1 Å². The molecule has 1 rings (SSSR count). The Bertz CT molecular complexity index is 632. The van der Waals surface area contributed by atoms with Crippen LogP contribution in [0.25, 0.3) is 0 Å². The zero-order valence-corrected chi connectivity index (χ0v) is 12.3. The smallest absolute Gasteiger partial charge is 0.330 e. The molecule has 0 radical (unpaired) electrons. The zero-order chi connectivity index (χ0) is 17.4. The van der Waals surface area contributed by atoms with Gasteiger partial charge < -0.3 is 15.8 Å². The predicted molar refractivity (Wildman–Crippen MR) is 77.2 cm³/mol. The third kappa shape index (κ3) is 5.85. The average Bonchev–Trinajstić information content (AvgIpc) is 2.49. The van der Waals surface area contributed by atoms with Gasteiger partial charge in [-0.3, -0.25) is 9.59 Å². The van der Waals surface area contributed by atoms with Gasteiger partial charge in [0.1, 0.15) is 6.04 Å². The van der Waals surface area contributed by atoms with Gasteiger partial charge in [-0.05, 0) is 31.5 Å². The molecule has 1 aromatic carbocycles. The van der Waals surface area contributed by atoms with E-state index < -0.39 is 35.5 Å². The quantitative estimate of drug-likeness (QED) is 0.578. The molecule has 0 saturated heterocycles. The number of carbonyl (C=O) groups is 3. The monoisotopic (exact) mass is 326 g/mol. The van der Waals surface area contributed by atoms with Crippen molar-refractivity contribution in [3.8, 4) is 0 Å². The van der Waals surface area contributed by atoms with Crippen molar-refractivity contribution in [2.45, 2.75) is 19.4 Å². The molecule has 23 heavy (non-hydrogen) atoms. The van der Waals surface area contributed by atoms with Gasteiger partial charge in [-0.2, -0.15) is 0 Å². The summed E-state index contributed by atoms with van der Waals surface area (Å²) < 4.78 is 30.6. The molecule has 0 heterocycles. The van der Waals surface area contributed by atoms with Crippen molar-refractivity contribution in [2.75, 3.05) is 6.61 Å². The lowest BCUT2D eigenvalue weighted by atomic mass is 10.1. The van der Waals surface area contributed by atoms with Gasteiger partial charge in [0, 0.05) is 11.6 Å². The van der Waals surface area contributed by atoms with Crippen LogP contribution >= 0.6 is 0 Å². The number of amides is 2. The molecule has 2 amide bonds. The molecule has 8 heteroatoms. The first-order chi connectivity index (χ1) is 10.8. The first-order valence-corrected chi connectivity index (χ1v) is 6.73. The number of hydrogen-bond acceptors (Lipinski definition) is 4. The molecule has 0 fully saturated rings. The van der Waals surface area contributed by atoms with Crippen LogP contribution in [0.1, 0.15) is 23.7 Å². The van der Waals surface area contributed by atoms with Crippen LogP contribution in [-0.4, -0.2) is 30.4 Å². The Balaban J connectivity index is 2.71. The van der Waals surface area contributed by atoms with Crippen LogP contribution in [0.5, 0.6) is 0 Å². The van der Waals surface area contributed by atoms with Crippen LogP contribution in [-0.2, 0) is 14.3 Å². The summed E-state index contributed by atoms with van der Waals surface area (Å²) in [5.74, 6) is -4.50. The van der Waals surface area contributed by atoms with Crippen molar-refractivity contribution >= 4 is 17.8 Å². The maximum Gasteiger partial charge on any atom is 0.330 e. The van der Waals surface area contributed by atoms with E-state index in [-0.39, 0.29) is 18.6 Å². The Hall–Kier alpha value is -2.77. The molecular formula is C15H16F2N2O4. The van der Waals surface area contributed by atoms with Crippen molar-refractivity contribution < 1.29 is 27.9 Å². The Morgan fingerprint density at radius 3 is 2.57 bits per heavy atom. The maximum atomic E-state index is 13.1. The minimum atomic E-state index is -1.18. The van der Waals surface area contributed by atoms with Gasteiger partial charge in [-0.15, -0.1) is 0 Å². The lowest BCUT2D eigenvalue weighted by Crippen LogP contribution is -2.44. The van der Waals surface area contributed by atoms with Gasteiger partial charge in [0.15, 0.2) is 11.6 Å². The Morgan fingerprint density at radius 2 is 2.00 bits per heavy atom. The van der Waals surface area contributed by atoms with Gasteiger partial charge in [0.25, 0.3) is 5.91 Å². The SMILES string of the molecule is CCOC(=O)/C=C/C[C@H](NC(=O)c1ccc(F)c(F)c1)C(N)=O. The minimum Gasteiger partial charge on any atom is -0.463 e. The maximum absolute atomic E-state index is 13.1. The molecule has 0 bridgehead atoms. The number of primary amides is 1. The highest BCUT2D eigenvalue weighted by molar-refractivity contribution is 5.97. The fraction of sp³-hybridized carbons (Fsp3) is 0.267. The molecular weight excluding hydrogens is 310 g/mol. The third-order valence-corrected chi connectivity index (χ3v) is 2.74. The van der Waals surface area contributed by atoms with Crippen LogP contribution in [0, 0.1) is 11.6 Å². The highest BCUT2D eigenvalue weighted by atomic mass is 19.2. The van der Waals surface area contributed by atoms with E-state index in [9.17, 15) is 23.2 Å². The molecule has 0 saturated carbocycles. The number of benzene rings is 1. The number of ether oxygens (including phenoxy) is 1. The summed E-state index contributed by atoms with van der Waals surface area (Å²) in [6.45, 7) is 1.84. The lowest BCUT2D eigenvalue weighted by Gasteiger charge is -2.13. The summed E-state index contributed by atoms with van der Waals surface area (Å²) in [5, 5.41) is 2.28. The van der Waals surface area contributed by atoms with Gasteiger partial charge in [-0.25, -0.2) is 13.6 Å². The summed E-state index contributed by atoms with van der Waals surface area (Å²) in [6, 6.07) is 1.46. The number of halogens is 2. The molecule has 0 unspecified atom stereocenters. The van der Waals surface area contributed by atoms with Crippen LogP contribution in [0.15, 0.2) is 30.4 Å². The van der Waals surface area contributed by atoms with E-state index in [0.717, 1.165) is 18.2 Å². The Morgan fingerprint density at radius 1 is 1.30 bits per heavy atom. The standard InChI is InChI=1S/C15H16F2N2O4/c1-2-23-13(20)5-3-4-12(14(18)21)19-15(22)9-6-7-10(16)11(17)8-9/h3,5-8,12H,2,4H2,1H3,(H2,18,21)(H,19,22)/b5-3+/t12-/m0/s1. The number of carbonyl (C=O) groups excluding carboxylic acids is 3. The van der Waals surface area contributed by atoms with Crippen LogP contribution in [0.2, 0.25) is 0 Å². The van der Waals surface area contributed by atoms with Gasteiger partial charge >= 0.3 is 5.97 Å². The Labute approximate surface area is 131 Å². The predicted octanol–water partition coefficient (Wildman–Crippen LogP) is 1.06. The molecule has 1 atom stereocenters. The van der Waals surface area contributed by atoms with E-state index in [4.69, 9.17) is 5.73 Å². The summed E-state index contributed by atoms with van der Waals surface area (Å²) in [4.78, 5) is 34.3. The van der Waals surface area contributed by atoms with E-state index in [1.807, 2.05) is 0 Å². The number of esters is 1. The fourth-order valence-electron chi connectivity index (χ4n) is 1.62. The van der Waals surface area contributed by atoms with E-state index in [1.165, 1.54) is 6.08 Å². The zero-order valence-electron chi connectivity index (χ0n) is 12.3.